The van der Waals surface area contributed by atoms with E-state index in [0.717, 1.165) is 21.9 Å². The number of ether oxygens (including phenoxy) is 1. The van der Waals surface area contributed by atoms with Gasteiger partial charge in [0.05, 0.1) is 13.7 Å². The van der Waals surface area contributed by atoms with Crippen molar-refractivity contribution in [2.24, 2.45) is 0 Å². The zero-order valence-corrected chi connectivity index (χ0v) is 15.5. The molecule has 0 aromatic heterocycles. The van der Waals surface area contributed by atoms with Crippen LogP contribution in [0, 0.1) is 0 Å². The number of hydrogen-bond acceptors (Lipinski definition) is 3. The molecule has 0 fully saturated rings. The Balaban J connectivity index is 1.83. The van der Waals surface area contributed by atoms with Crippen LogP contribution in [-0.4, -0.2) is 39.1 Å². The molecule has 0 saturated carbocycles. The topological polar surface area (TPSA) is 71.9 Å². The molecule has 0 radical (unpaired) electrons. The Hall–Kier alpha value is -2.86. The van der Waals surface area contributed by atoms with Gasteiger partial charge in [0.1, 0.15) is 12.3 Å². The van der Waals surface area contributed by atoms with Crippen LogP contribution >= 0.6 is 0 Å². The monoisotopic (exact) mass is 356 g/mol. The van der Waals surface area contributed by atoms with Gasteiger partial charge in [-0.15, -0.1) is 0 Å². The number of benzene rings is 2. The van der Waals surface area contributed by atoms with Crippen molar-refractivity contribution in [3.63, 3.8) is 0 Å². The molecule has 1 atom stereocenters. The summed E-state index contributed by atoms with van der Waals surface area (Å²) in [5.41, 5.74) is 2.45. The van der Waals surface area contributed by atoms with E-state index in [1.807, 2.05) is 50.4 Å². The van der Waals surface area contributed by atoms with Crippen LogP contribution in [0.4, 0.5) is 5.69 Å². The van der Waals surface area contributed by atoms with Gasteiger partial charge in [0, 0.05) is 23.9 Å². The van der Waals surface area contributed by atoms with Gasteiger partial charge < -0.3 is 20.3 Å². The maximum Gasteiger partial charge on any atom is 0.279 e. The van der Waals surface area contributed by atoms with Crippen molar-refractivity contribution in [3.05, 3.63) is 59.7 Å². The minimum absolute atomic E-state index is 0.0476. The van der Waals surface area contributed by atoms with Gasteiger partial charge in [0.15, 0.2) is 6.54 Å². The van der Waals surface area contributed by atoms with E-state index >= 15 is 0 Å². The van der Waals surface area contributed by atoms with Crippen LogP contribution in [0.3, 0.4) is 0 Å². The molecule has 0 aliphatic carbocycles. The highest BCUT2D eigenvalue weighted by molar-refractivity contribution is 5.94. The minimum Gasteiger partial charge on any atom is -0.494 e. The number of hydrogen-bond donors (Lipinski definition) is 3. The van der Waals surface area contributed by atoms with E-state index in [2.05, 4.69) is 10.6 Å². The van der Waals surface area contributed by atoms with Gasteiger partial charge in [-0.3, -0.25) is 9.59 Å². The highest BCUT2D eigenvalue weighted by Crippen LogP contribution is 2.15. The molecule has 0 saturated heterocycles. The predicted molar refractivity (Wildman–Crippen MR) is 102 cm³/mol. The van der Waals surface area contributed by atoms with Gasteiger partial charge in [0.25, 0.3) is 11.8 Å². The molecule has 0 aliphatic heterocycles. The standard InChI is InChI=1S/C20H25N3O3/c1-4-26-18-11-9-17(10-12-18)22-19(24)14-23(3)13-15-5-7-16(8-6-15)20(25)21-2/h5-12H,4,13-14H2,1-3H3,(H,21,25)(H,22,24)/p+1. The number of carbonyl (C=O) groups excluding carboxylic acids is 2. The Labute approximate surface area is 154 Å². The first kappa shape index (κ1) is 19.5. The molecular weight excluding hydrogens is 330 g/mol. The Kier molecular flexibility index (Phi) is 7.17. The smallest absolute Gasteiger partial charge is 0.279 e. The summed E-state index contributed by atoms with van der Waals surface area (Å²) < 4.78 is 5.39. The molecule has 138 valence electrons. The molecule has 1 unspecified atom stereocenters. The normalized spacial score (nSPS) is 11.5. The van der Waals surface area contributed by atoms with E-state index in [1.54, 1.807) is 19.2 Å². The zero-order valence-electron chi connectivity index (χ0n) is 15.5. The first-order valence-corrected chi connectivity index (χ1v) is 8.67. The van der Waals surface area contributed by atoms with Gasteiger partial charge in [-0.1, -0.05) is 12.1 Å². The van der Waals surface area contributed by atoms with Gasteiger partial charge in [-0.2, -0.15) is 0 Å². The number of anilines is 1. The van der Waals surface area contributed by atoms with E-state index in [4.69, 9.17) is 4.74 Å². The predicted octanol–water partition coefficient (Wildman–Crippen LogP) is 1.10. The average Bonchev–Trinajstić information content (AvgIpc) is 2.63. The first-order chi connectivity index (χ1) is 12.5. The summed E-state index contributed by atoms with van der Waals surface area (Å²) in [4.78, 5) is 24.8. The third-order valence-electron chi connectivity index (χ3n) is 3.86. The third-order valence-corrected chi connectivity index (χ3v) is 3.86. The molecular formula is C20H26N3O3+. The third kappa shape index (κ3) is 5.89. The van der Waals surface area contributed by atoms with Crippen molar-refractivity contribution in [1.29, 1.82) is 0 Å². The molecule has 0 heterocycles. The Morgan fingerprint density at radius 1 is 1.04 bits per heavy atom. The summed E-state index contributed by atoms with van der Waals surface area (Å²) in [7, 11) is 3.57. The minimum atomic E-state index is -0.105. The second kappa shape index (κ2) is 9.58. The quantitative estimate of drug-likeness (QED) is 0.663. The molecule has 0 aliphatic rings. The highest BCUT2D eigenvalue weighted by Gasteiger charge is 2.11. The Morgan fingerprint density at radius 3 is 2.27 bits per heavy atom. The second-order valence-electron chi connectivity index (χ2n) is 6.09. The summed E-state index contributed by atoms with van der Waals surface area (Å²) in [5, 5.41) is 5.49. The fraction of sp³-hybridized carbons (Fsp3) is 0.300. The van der Waals surface area contributed by atoms with Crippen molar-refractivity contribution in [2.75, 3.05) is 32.6 Å². The van der Waals surface area contributed by atoms with Crippen molar-refractivity contribution in [3.8, 4) is 5.75 Å². The van der Waals surface area contributed by atoms with Crippen LogP contribution < -0.4 is 20.3 Å². The molecule has 2 aromatic carbocycles. The largest absolute Gasteiger partial charge is 0.494 e. The van der Waals surface area contributed by atoms with E-state index in [9.17, 15) is 9.59 Å². The van der Waals surface area contributed by atoms with Crippen LogP contribution in [0.5, 0.6) is 5.75 Å². The first-order valence-electron chi connectivity index (χ1n) is 8.67. The molecule has 0 bridgehead atoms. The van der Waals surface area contributed by atoms with Crippen LogP contribution in [0.1, 0.15) is 22.8 Å². The average molecular weight is 356 g/mol. The second-order valence-corrected chi connectivity index (χ2v) is 6.09. The van der Waals surface area contributed by atoms with E-state index in [1.165, 1.54) is 0 Å². The highest BCUT2D eigenvalue weighted by atomic mass is 16.5. The van der Waals surface area contributed by atoms with Gasteiger partial charge in [0.2, 0.25) is 0 Å². The van der Waals surface area contributed by atoms with Crippen molar-refractivity contribution < 1.29 is 19.2 Å². The molecule has 6 heteroatoms. The maximum atomic E-state index is 12.2. The lowest BCUT2D eigenvalue weighted by atomic mass is 10.1. The molecule has 0 spiro atoms. The molecule has 2 rings (SSSR count). The molecule has 2 aromatic rings. The summed E-state index contributed by atoms with van der Waals surface area (Å²) >= 11 is 0. The van der Waals surface area contributed by atoms with E-state index in [-0.39, 0.29) is 11.8 Å². The molecule has 2 amide bonds. The molecule has 3 N–H and O–H groups in total. The van der Waals surface area contributed by atoms with E-state index < -0.39 is 0 Å². The van der Waals surface area contributed by atoms with E-state index in [0.29, 0.717) is 25.3 Å². The number of nitrogens with one attached hydrogen (secondary N) is 3. The Bertz CT molecular complexity index is 727. The van der Waals surface area contributed by atoms with Gasteiger partial charge in [-0.05, 0) is 43.3 Å². The van der Waals surface area contributed by atoms with Crippen molar-refractivity contribution in [1.82, 2.24) is 5.32 Å². The lowest BCUT2D eigenvalue weighted by Gasteiger charge is -2.14. The molecule has 26 heavy (non-hydrogen) atoms. The fourth-order valence-corrected chi connectivity index (χ4v) is 2.61. The summed E-state index contributed by atoms with van der Waals surface area (Å²) in [6.45, 7) is 3.60. The number of carbonyl (C=O) groups is 2. The number of rotatable bonds is 8. The van der Waals surface area contributed by atoms with Crippen molar-refractivity contribution in [2.45, 2.75) is 13.5 Å². The van der Waals surface area contributed by atoms with Crippen molar-refractivity contribution >= 4 is 17.5 Å². The fourth-order valence-electron chi connectivity index (χ4n) is 2.61. The number of likely N-dealkylation sites (N-methyl/N-ethyl adjacent to an activating group) is 1. The maximum absolute atomic E-state index is 12.2. The van der Waals surface area contributed by atoms with Crippen LogP contribution in [0.15, 0.2) is 48.5 Å². The summed E-state index contributed by atoms with van der Waals surface area (Å²) in [6, 6.07) is 14.7. The van der Waals surface area contributed by atoms with Gasteiger partial charge >= 0.3 is 0 Å². The summed E-state index contributed by atoms with van der Waals surface area (Å²) in [6.07, 6.45) is 0. The van der Waals surface area contributed by atoms with Gasteiger partial charge in [-0.25, -0.2) is 0 Å². The number of amides is 2. The van der Waals surface area contributed by atoms with Crippen LogP contribution in [0.25, 0.3) is 0 Å². The lowest BCUT2D eigenvalue weighted by molar-refractivity contribution is -0.885. The zero-order chi connectivity index (χ0) is 18.9. The Morgan fingerprint density at radius 2 is 1.69 bits per heavy atom. The summed E-state index contributed by atoms with van der Waals surface area (Å²) in [5.74, 6) is 0.633. The number of quaternary nitrogens is 1. The SMILES string of the molecule is CCOc1ccc(NC(=O)C[NH+](C)Cc2ccc(C(=O)NC)cc2)cc1. The molecule has 6 nitrogen and oxygen atoms in total. The van der Waals surface area contributed by atoms with Crippen LogP contribution in [-0.2, 0) is 11.3 Å². The van der Waals surface area contributed by atoms with Crippen LogP contribution in [0.2, 0.25) is 0 Å². The lowest BCUT2D eigenvalue weighted by Crippen LogP contribution is -3.08.